The van der Waals surface area contributed by atoms with Crippen molar-refractivity contribution in [3.8, 4) is 0 Å². The molecule has 0 amide bonds. The lowest BCUT2D eigenvalue weighted by molar-refractivity contribution is -0.0603. The molecule has 0 bridgehead atoms. The van der Waals surface area contributed by atoms with Crippen molar-refractivity contribution in [1.82, 2.24) is 48.6 Å². The topological polar surface area (TPSA) is 440 Å². The van der Waals surface area contributed by atoms with Crippen LogP contribution >= 0.6 is 23.5 Å². The summed E-state index contributed by atoms with van der Waals surface area (Å²) in [6, 6.07) is 0. The predicted molar refractivity (Wildman–Crippen MR) is 209 cm³/mol. The first-order chi connectivity index (χ1) is 30.2. The third kappa shape index (κ3) is 9.80. The van der Waals surface area contributed by atoms with Crippen LogP contribution in [0.3, 0.4) is 0 Å². The molecule has 5 aromatic heterocycles. The molecule has 31 nitrogen and oxygen atoms in total. The van der Waals surface area contributed by atoms with Gasteiger partial charge in [-0.1, -0.05) is 0 Å². The van der Waals surface area contributed by atoms with Crippen LogP contribution in [0.25, 0.3) is 22.3 Å². The van der Waals surface area contributed by atoms with E-state index in [0.29, 0.717) is 0 Å². The van der Waals surface area contributed by atoms with Gasteiger partial charge in [0.15, 0.2) is 22.6 Å². The summed E-state index contributed by atoms with van der Waals surface area (Å²) in [5, 5.41) is 10.1. The van der Waals surface area contributed by atoms with E-state index in [9.17, 15) is 52.8 Å². The fourth-order valence-corrected chi connectivity index (χ4v) is 9.85. The number of aliphatic hydroxyl groups is 1. The van der Waals surface area contributed by atoms with Crippen LogP contribution in [0.5, 0.6) is 0 Å². The quantitative estimate of drug-likeness (QED) is 0.0499. The Hall–Kier alpha value is -4.65. The highest BCUT2D eigenvalue weighted by molar-refractivity contribution is 7.47. The maximum Gasteiger partial charge on any atom is 0.472 e. The Balaban J connectivity index is 0.981. The number of aromatic amines is 2. The van der Waals surface area contributed by atoms with Crippen molar-refractivity contribution in [3.05, 3.63) is 61.9 Å². The highest BCUT2D eigenvalue weighted by Crippen LogP contribution is 2.53. The van der Waals surface area contributed by atoms with E-state index in [-0.39, 0.29) is 58.9 Å². The maximum absolute atomic E-state index is 13.6. The Morgan fingerprint density at radius 1 is 0.719 bits per heavy atom. The van der Waals surface area contributed by atoms with Crippen molar-refractivity contribution < 1.29 is 75.2 Å². The van der Waals surface area contributed by atoms with Crippen LogP contribution in [0, 0.1) is 6.92 Å². The van der Waals surface area contributed by atoms with E-state index in [1.54, 1.807) is 0 Å². The lowest BCUT2D eigenvalue weighted by Gasteiger charge is -2.24. The molecule has 11 N–H and O–H groups in total. The van der Waals surface area contributed by atoms with Crippen molar-refractivity contribution >= 4 is 57.6 Å². The number of phosphoric ester groups is 3. The zero-order chi connectivity index (χ0) is 45.9. The molecule has 8 heterocycles. The molecule has 0 radical (unpaired) electrons. The molecule has 3 aliphatic rings. The first-order valence-electron chi connectivity index (χ1n) is 18.8. The molecule has 34 heteroatoms. The highest BCUT2D eigenvalue weighted by atomic mass is 31.2. The van der Waals surface area contributed by atoms with Crippen molar-refractivity contribution in [2.24, 2.45) is 0 Å². The van der Waals surface area contributed by atoms with Crippen LogP contribution in [0.4, 0.5) is 11.8 Å². The fourth-order valence-electron chi connectivity index (χ4n) is 7.36. The number of ether oxygens (including phenoxy) is 3. The minimum absolute atomic E-state index is 0.0716. The van der Waals surface area contributed by atoms with Crippen LogP contribution in [0.1, 0.15) is 43.5 Å². The standard InChI is InChI=1S/C30H39N12O19P3/c1-12-5-40(30(46)39-27(12)44)19-3-14(59-62(47,48)49)17(57-19)7-54-64(52,53)61-15-4-21(42-11-36-23-26(42)37-29(32)38-28(23)45)58-18(15)8-55-63(50,51)60-13-2-20(56-16(13)6-43)41-10-35-22-24(31)33-9-34-25(22)41/h5,9-11,13-21,43H,2-4,6-8H2,1H3,(H,50,51)(H,52,53)(H2,31,33,34)(H,39,44,46)(H2,47,48,49)(H3,32,37,38,45)/t13-,14-,15-,16+,17+,18+,19+,20+,21+/m0/s1. The number of H-pyrrole nitrogens is 2. The number of nitrogens with one attached hydrogen (secondary N) is 2. The number of phosphoric acid groups is 3. The minimum Gasteiger partial charge on any atom is -0.394 e. The van der Waals surface area contributed by atoms with Crippen molar-refractivity contribution in [3.63, 3.8) is 0 Å². The van der Waals surface area contributed by atoms with E-state index < -0.39 is 115 Å². The van der Waals surface area contributed by atoms with Gasteiger partial charge in [0.05, 0.1) is 32.5 Å². The molecule has 3 fully saturated rings. The second kappa shape index (κ2) is 17.6. The Labute approximate surface area is 355 Å². The number of rotatable bonds is 16. The highest BCUT2D eigenvalue weighted by Gasteiger charge is 2.47. The summed E-state index contributed by atoms with van der Waals surface area (Å²) in [7, 11) is -15.6. The predicted octanol–water partition coefficient (Wildman–Crippen LogP) is -1.68. The lowest BCUT2D eigenvalue weighted by Crippen LogP contribution is -2.33. The molecular weight excluding hydrogens is 925 g/mol. The largest absolute Gasteiger partial charge is 0.472 e. The second-order valence-corrected chi connectivity index (χ2v) is 18.6. The second-order valence-electron chi connectivity index (χ2n) is 14.6. The summed E-state index contributed by atoms with van der Waals surface area (Å²) in [5.74, 6) is -0.192. The number of aryl methyl sites for hydroxylation is 1. The Morgan fingerprint density at radius 3 is 1.84 bits per heavy atom. The first kappa shape index (κ1) is 45.9. The maximum atomic E-state index is 13.6. The molecule has 348 valence electrons. The number of fused-ring (bicyclic) bond motifs is 2. The number of imidazole rings is 2. The number of nitrogens with zero attached hydrogens (tertiary/aromatic N) is 8. The van der Waals surface area contributed by atoms with E-state index in [1.807, 2.05) is 0 Å². The molecule has 64 heavy (non-hydrogen) atoms. The summed E-state index contributed by atoms with van der Waals surface area (Å²) < 4.78 is 86.4. The van der Waals surface area contributed by atoms with E-state index in [1.165, 1.54) is 28.7 Å². The number of aliphatic hydroxyl groups excluding tert-OH is 1. The SMILES string of the molecule is Cc1cn([C@H]2C[C@H](OP(=O)(O)O)[C@@H](COP(=O)(O)O[C@H]3C[C@H](n4cnc5c(=O)[nH]c(N)nc54)O[C@@H]3COP(=O)(O)O[C@H]3C[C@H](n4cnc5c(N)ncnc54)O[C@@H]3CO)O2)c(=O)[nH]c1=O. The van der Waals surface area contributed by atoms with E-state index >= 15 is 0 Å². The minimum atomic E-state index is -5.27. The van der Waals surface area contributed by atoms with Gasteiger partial charge < -0.3 is 50.4 Å². The molecule has 8 rings (SSSR count). The van der Waals surface area contributed by atoms with Gasteiger partial charge in [0, 0.05) is 31.0 Å². The van der Waals surface area contributed by atoms with Crippen LogP contribution in [-0.4, -0.2) is 130 Å². The van der Waals surface area contributed by atoms with Gasteiger partial charge in [0.2, 0.25) is 5.95 Å². The third-order valence-corrected chi connectivity index (χ3v) is 12.8. The van der Waals surface area contributed by atoms with Gasteiger partial charge in [0.25, 0.3) is 11.1 Å². The van der Waals surface area contributed by atoms with Crippen LogP contribution < -0.4 is 28.3 Å². The first-order valence-corrected chi connectivity index (χ1v) is 23.3. The Bertz CT molecular complexity index is 2880. The Kier molecular flexibility index (Phi) is 12.6. The normalized spacial score (nSPS) is 28.2. The number of hydrogen-bond donors (Lipinski definition) is 9. The summed E-state index contributed by atoms with van der Waals surface area (Å²) in [6.07, 6.45) is -7.84. The van der Waals surface area contributed by atoms with Crippen LogP contribution in [0.15, 0.2) is 39.6 Å². The van der Waals surface area contributed by atoms with Crippen LogP contribution in [0.2, 0.25) is 0 Å². The third-order valence-electron chi connectivity index (χ3n) is 10.2. The Morgan fingerprint density at radius 2 is 1.25 bits per heavy atom. The van der Waals surface area contributed by atoms with Crippen molar-refractivity contribution in [2.75, 3.05) is 31.3 Å². The summed E-state index contributed by atoms with van der Waals surface area (Å²) in [5.41, 5.74) is 9.71. The molecule has 0 saturated carbocycles. The van der Waals surface area contributed by atoms with Gasteiger partial charge in [0.1, 0.15) is 67.2 Å². The number of aromatic nitrogens is 10. The monoisotopic (exact) mass is 964 g/mol. The van der Waals surface area contributed by atoms with E-state index in [0.717, 1.165) is 17.1 Å². The number of hydrogen-bond acceptors (Lipinski definition) is 22. The summed E-state index contributed by atoms with van der Waals surface area (Å²) in [6.45, 7) is -1.04. The molecule has 3 saturated heterocycles. The molecule has 0 aromatic carbocycles. The zero-order valence-corrected chi connectivity index (χ0v) is 35.5. The van der Waals surface area contributed by atoms with Gasteiger partial charge in [-0.2, -0.15) is 4.98 Å². The average Bonchev–Trinajstić information content (AvgIpc) is 4.04. The number of nitrogen functional groups attached to an aromatic ring is 2. The molecule has 0 aliphatic carbocycles. The molecule has 0 spiro atoms. The molecule has 11 atom stereocenters. The van der Waals surface area contributed by atoms with E-state index in [4.69, 9.17) is 48.3 Å². The molecule has 2 unspecified atom stereocenters. The van der Waals surface area contributed by atoms with E-state index in [2.05, 4.69) is 34.9 Å². The molecular formula is C30H39N12O19P3. The zero-order valence-electron chi connectivity index (χ0n) is 32.8. The van der Waals surface area contributed by atoms with Gasteiger partial charge >= 0.3 is 29.2 Å². The van der Waals surface area contributed by atoms with Gasteiger partial charge in [-0.25, -0.2) is 38.4 Å². The van der Waals surface area contributed by atoms with Crippen molar-refractivity contribution in [2.45, 2.75) is 81.5 Å². The van der Waals surface area contributed by atoms with Gasteiger partial charge in [-0.05, 0) is 6.92 Å². The molecule has 3 aliphatic heterocycles. The van der Waals surface area contributed by atoms with Crippen LogP contribution in [-0.2, 0) is 50.5 Å². The lowest BCUT2D eigenvalue weighted by atomic mass is 10.2. The van der Waals surface area contributed by atoms with Gasteiger partial charge in [-0.15, -0.1) is 0 Å². The average molecular weight is 965 g/mol. The number of nitrogens with two attached hydrogens (primary N) is 2. The summed E-state index contributed by atoms with van der Waals surface area (Å²) in [4.78, 5) is 103. The summed E-state index contributed by atoms with van der Waals surface area (Å²) >= 11 is 0. The fraction of sp³-hybridized carbons (Fsp3) is 0.533. The smallest absolute Gasteiger partial charge is 0.394 e. The number of anilines is 2. The van der Waals surface area contributed by atoms with Crippen molar-refractivity contribution in [1.29, 1.82) is 0 Å². The molecule has 5 aromatic rings. The van der Waals surface area contributed by atoms with Gasteiger partial charge in [-0.3, -0.25) is 55.9 Å².